The average molecular weight is 496 g/mol. The maximum atomic E-state index is 13.3. The van der Waals surface area contributed by atoms with Crippen LogP contribution in [-0.2, 0) is 27.5 Å². The normalized spacial score (nSPS) is 20.2. The minimum atomic E-state index is -1.21. The third-order valence-corrected chi connectivity index (χ3v) is 6.33. The van der Waals surface area contributed by atoms with Crippen molar-refractivity contribution in [3.8, 4) is 5.75 Å². The molecule has 0 saturated carbocycles. The van der Waals surface area contributed by atoms with E-state index in [0.29, 0.717) is 5.75 Å². The molecule has 4 rings (SSSR count). The summed E-state index contributed by atoms with van der Waals surface area (Å²) in [5.74, 6) is -1.35. The van der Waals surface area contributed by atoms with E-state index < -0.39 is 42.4 Å². The van der Waals surface area contributed by atoms with E-state index in [1.165, 1.54) is 19.8 Å². The van der Waals surface area contributed by atoms with Crippen LogP contribution in [0.1, 0.15) is 17.5 Å². The molecule has 0 radical (unpaired) electrons. The number of likely N-dealkylation sites (N-methyl/N-ethyl adjacent to an activating group) is 1. The smallest absolute Gasteiger partial charge is 0.334 e. The highest BCUT2D eigenvalue weighted by molar-refractivity contribution is 5.93. The monoisotopic (exact) mass is 495 g/mol. The van der Waals surface area contributed by atoms with Crippen molar-refractivity contribution >= 4 is 23.8 Å². The molecule has 2 saturated heterocycles. The molecule has 2 aliphatic heterocycles. The van der Waals surface area contributed by atoms with Crippen LogP contribution in [0.25, 0.3) is 0 Å². The predicted molar refractivity (Wildman–Crippen MR) is 128 cm³/mol. The molecule has 4 amide bonds. The maximum absolute atomic E-state index is 13.3. The highest BCUT2D eigenvalue weighted by Gasteiger charge is 2.51. The summed E-state index contributed by atoms with van der Waals surface area (Å²) in [6, 6.07) is 14.9. The number of hydrogen-bond donors (Lipinski definition) is 2. The number of amides is 4. The van der Waals surface area contributed by atoms with E-state index in [0.717, 1.165) is 11.1 Å². The van der Waals surface area contributed by atoms with Crippen molar-refractivity contribution in [2.75, 3.05) is 27.2 Å². The second-order valence-corrected chi connectivity index (χ2v) is 8.77. The number of methoxy groups -OCH3 is 1. The van der Waals surface area contributed by atoms with Gasteiger partial charge < -0.3 is 25.0 Å². The van der Waals surface area contributed by atoms with Crippen LogP contribution in [0.2, 0.25) is 0 Å². The van der Waals surface area contributed by atoms with E-state index in [1.807, 2.05) is 42.5 Å². The molecule has 2 atom stereocenters. The molecule has 190 valence electrons. The molecule has 0 spiro atoms. The Morgan fingerprint density at radius 2 is 1.75 bits per heavy atom. The summed E-state index contributed by atoms with van der Waals surface area (Å²) in [6.07, 6.45) is -1.39. The lowest BCUT2D eigenvalue weighted by atomic mass is 10.0. The van der Waals surface area contributed by atoms with Gasteiger partial charge in [-0.1, -0.05) is 42.5 Å². The first-order valence-corrected chi connectivity index (χ1v) is 11.5. The maximum Gasteiger partial charge on any atom is 0.334 e. The van der Waals surface area contributed by atoms with E-state index in [1.54, 1.807) is 26.3 Å². The molecule has 11 nitrogen and oxygen atoms in total. The molecule has 36 heavy (non-hydrogen) atoms. The number of carboxylic acids is 1. The number of hydrazine groups is 1. The molecule has 2 aromatic carbocycles. The SMILES string of the molecule is COc1ccc(CNC(=O)N2[C@H]3CN(Cc4ccccc4)C(=O)[C@H](CC(=O)O)N3C(=O)CN2C)cc1. The number of rotatable bonds is 7. The Kier molecular flexibility index (Phi) is 7.39. The van der Waals surface area contributed by atoms with Gasteiger partial charge in [-0.25, -0.2) is 14.8 Å². The van der Waals surface area contributed by atoms with Crippen molar-refractivity contribution in [2.24, 2.45) is 0 Å². The van der Waals surface area contributed by atoms with Crippen LogP contribution in [0, 0.1) is 0 Å². The van der Waals surface area contributed by atoms with Crippen LogP contribution >= 0.6 is 0 Å². The van der Waals surface area contributed by atoms with Crippen LogP contribution in [0.4, 0.5) is 4.79 Å². The Bertz CT molecular complexity index is 1130. The van der Waals surface area contributed by atoms with Gasteiger partial charge in [-0.15, -0.1) is 0 Å². The second kappa shape index (κ2) is 10.6. The van der Waals surface area contributed by atoms with Gasteiger partial charge in [0, 0.05) is 20.1 Å². The van der Waals surface area contributed by atoms with Gasteiger partial charge in [-0.05, 0) is 23.3 Å². The molecule has 0 unspecified atom stereocenters. The van der Waals surface area contributed by atoms with Gasteiger partial charge in [0.2, 0.25) is 11.8 Å². The highest BCUT2D eigenvalue weighted by Crippen LogP contribution is 2.28. The van der Waals surface area contributed by atoms with E-state index in [-0.39, 0.29) is 26.2 Å². The largest absolute Gasteiger partial charge is 0.497 e. The first-order chi connectivity index (χ1) is 17.3. The van der Waals surface area contributed by atoms with Gasteiger partial charge in [-0.2, -0.15) is 0 Å². The zero-order chi connectivity index (χ0) is 25.8. The summed E-state index contributed by atoms with van der Waals surface area (Å²) in [4.78, 5) is 54.0. The molecule has 2 aromatic rings. The molecule has 0 aliphatic carbocycles. The number of ether oxygens (including phenoxy) is 1. The Balaban J connectivity index is 1.58. The number of nitrogens with zero attached hydrogens (tertiary/aromatic N) is 4. The number of piperazine rings is 1. The fraction of sp³-hybridized carbons (Fsp3) is 0.360. The molecular formula is C25H29N5O6. The van der Waals surface area contributed by atoms with Crippen molar-refractivity contribution in [3.63, 3.8) is 0 Å². The first kappa shape index (κ1) is 25.0. The van der Waals surface area contributed by atoms with E-state index in [9.17, 15) is 24.3 Å². The van der Waals surface area contributed by atoms with E-state index in [4.69, 9.17) is 4.74 Å². The van der Waals surface area contributed by atoms with Crippen molar-refractivity contribution < 1.29 is 29.0 Å². The van der Waals surface area contributed by atoms with Gasteiger partial charge in [0.15, 0.2) is 0 Å². The van der Waals surface area contributed by atoms with Gasteiger partial charge >= 0.3 is 12.0 Å². The van der Waals surface area contributed by atoms with Crippen LogP contribution in [0.5, 0.6) is 5.75 Å². The van der Waals surface area contributed by atoms with Crippen LogP contribution < -0.4 is 10.1 Å². The summed E-state index contributed by atoms with van der Waals surface area (Å²) < 4.78 is 5.16. The first-order valence-electron chi connectivity index (χ1n) is 11.5. The lowest BCUT2D eigenvalue weighted by molar-refractivity contribution is -0.189. The molecule has 2 N–H and O–H groups in total. The fourth-order valence-corrected chi connectivity index (χ4v) is 4.62. The van der Waals surface area contributed by atoms with Gasteiger partial charge in [0.05, 0.1) is 26.6 Å². The van der Waals surface area contributed by atoms with Crippen LogP contribution in [0.15, 0.2) is 54.6 Å². The van der Waals surface area contributed by atoms with Gasteiger partial charge in [0.1, 0.15) is 18.0 Å². The highest BCUT2D eigenvalue weighted by atomic mass is 16.5. The number of benzene rings is 2. The van der Waals surface area contributed by atoms with E-state index in [2.05, 4.69) is 5.32 Å². The summed E-state index contributed by atoms with van der Waals surface area (Å²) >= 11 is 0. The Hall–Kier alpha value is -4.12. The third kappa shape index (κ3) is 5.25. The zero-order valence-electron chi connectivity index (χ0n) is 20.2. The molecular weight excluding hydrogens is 466 g/mol. The number of fused-ring (bicyclic) bond motifs is 1. The number of nitrogens with one attached hydrogen (secondary N) is 1. The van der Waals surface area contributed by atoms with E-state index >= 15 is 0 Å². The molecule has 0 bridgehead atoms. The number of carbonyl (C=O) groups is 4. The predicted octanol–water partition coefficient (Wildman–Crippen LogP) is 1.11. The lowest BCUT2D eigenvalue weighted by Gasteiger charge is -2.54. The van der Waals surface area contributed by atoms with Gasteiger partial charge in [-0.3, -0.25) is 14.4 Å². The number of aliphatic carboxylic acids is 1. The summed E-state index contributed by atoms with van der Waals surface area (Å²) in [7, 11) is 3.19. The Morgan fingerprint density at radius 1 is 1.06 bits per heavy atom. The van der Waals surface area contributed by atoms with Crippen molar-refractivity contribution in [1.29, 1.82) is 0 Å². The molecule has 2 fully saturated rings. The zero-order valence-corrected chi connectivity index (χ0v) is 20.2. The average Bonchev–Trinajstić information content (AvgIpc) is 2.85. The van der Waals surface area contributed by atoms with Crippen LogP contribution in [-0.4, -0.2) is 88.2 Å². The minimum Gasteiger partial charge on any atom is -0.497 e. The molecule has 11 heteroatoms. The van der Waals surface area contributed by atoms with Crippen LogP contribution in [0.3, 0.4) is 0 Å². The number of carbonyl (C=O) groups excluding carboxylic acids is 3. The fourth-order valence-electron chi connectivity index (χ4n) is 4.62. The number of hydrogen-bond acceptors (Lipinski definition) is 6. The Labute approximate surface area is 208 Å². The number of urea groups is 1. The molecule has 2 heterocycles. The second-order valence-electron chi connectivity index (χ2n) is 8.77. The number of carboxylic acid groups (broad SMARTS) is 1. The van der Waals surface area contributed by atoms with Crippen molar-refractivity contribution in [3.05, 3.63) is 65.7 Å². The van der Waals surface area contributed by atoms with Gasteiger partial charge in [0.25, 0.3) is 0 Å². The molecule has 0 aromatic heterocycles. The third-order valence-electron chi connectivity index (χ3n) is 6.33. The summed E-state index contributed by atoms with van der Waals surface area (Å²) in [5, 5.41) is 15.2. The standard InChI is InChI=1S/C25H29N5O6/c1-27-16-22(31)29-20(12-23(32)33)24(34)28(14-18-6-4-3-5-7-18)15-21(29)30(27)25(35)26-13-17-8-10-19(36-2)11-9-17/h3-11,20-21H,12-16H2,1-2H3,(H,26,35)(H,32,33)/t20-,21-/m0/s1. The molecule has 2 aliphatic rings. The topological polar surface area (TPSA) is 123 Å². The summed E-state index contributed by atoms with van der Waals surface area (Å²) in [6.45, 7) is 0.364. The van der Waals surface area contributed by atoms with Crippen molar-refractivity contribution in [2.45, 2.75) is 31.7 Å². The minimum absolute atomic E-state index is 0.0515. The quantitative estimate of drug-likeness (QED) is 0.590. The van der Waals surface area contributed by atoms with Crippen molar-refractivity contribution in [1.82, 2.24) is 25.1 Å². The summed E-state index contributed by atoms with van der Waals surface area (Å²) in [5.41, 5.74) is 1.71. The Morgan fingerprint density at radius 3 is 2.39 bits per heavy atom. The lowest BCUT2D eigenvalue weighted by Crippen LogP contribution is -2.76.